The number of amides is 1. The first kappa shape index (κ1) is 23.7. The minimum Gasteiger partial charge on any atom is -0.507 e. The molecule has 0 fully saturated rings. The fourth-order valence-electron chi connectivity index (χ4n) is 3.71. The smallest absolute Gasteiger partial charge is 0.419 e. The van der Waals surface area contributed by atoms with Crippen molar-refractivity contribution < 1.29 is 23.1 Å². The van der Waals surface area contributed by atoms with Crippen molar-refractivity contribution in [3.63, 3.8) is 0 Å². The maximum atomic E-state index is 13.4. The van der Waals surface area contributed by atoms with E-state index in [1.54, 1.807) is 4.90 Å². The number of phenols is 1. The molecule has 0 aliphatic rings. The molecule has 0 spiro atoms. The van der Waals surface area contributed by atoms with E-state index in [0.717, 1.165) is 17.7 Å². The van der Waals surface area contributed by atoms with E-state index in [1.165, 1.54) is 23.2 Å². The van der Waals surface area contributed by atoms with Crippen LogP contribution in [0.2, 0.25) is 0 Å². The monoisotopic (exact) mass is 482 g/mol. The highest BCUT2D eigenvalue weighted by molar-refractivity contribution is 5.98. The molecule has 0 saturated carbocycles. The van der Waals surface area contributed by atoms with E-state index >= 15 is 0 Å². The molecule has 35 heavy (non-hydrogen) atoms. The summed E-state index contributed by atoms with van der Waals surface area (Å²) in [5.41, 5.74) is 6.29. The predicted octanol–water partition coefficient (Wildman–Crippen LogP) is 4.01. The van der Waals surface area contributed by atoms with Gasteiger partial charge in [-0.25, -0.2) is 14.6 Å². The molecule has 0 unspecified atom stereocenters. The van der Waals surface area contributed by atoms with Gasteiger partial charge in [0, 0.05) is 18.7 Å². The van der Waals surface area contributed by atoms with Crippen molar-refractivity contribution in [2.75, 3.05) is 12.3 Å². The highest BCUT2D eigenvalue weighted by Gasteiger charge is 2.34. The summed E-state index contributed by atoms with van der Waals surface area (Å²) in [6.07, 6.45) is -2.32. The number of alkyl halides is 3. The Labute approximate surface area is 198 Å². The Morgan fingerprint density at radius 2 is 1.91 bits per heavy atom. The molecule has 0 saturated heterocycles. The molecule has 11 heteroatoms. The van der Waals surface area contributed by atoms with Gasteiger partial charge in [0.25, 0.3) is 0 Å². The highest BCUT2D eigenvalue weighted by Crippen LogP contribution is 2.39. The van der Waals surface area contributed by atoms with E-state index in [0.29, 0.717) is 12.2 Å². The van der Waals surface area contributed by atoms with Crippen molar-refractivity contribution in [2.45, 2.75) is 19.3 Å². The van der Waals surface area contributed by atoms with Gasteiger partial charge < -0.3 is 15.7 Å². The van der Waals surface area contributed by atoms with Gasteiger partial charge in [-0.1, -0.05) is 36.9 Å². The first-order valence-electron chi connectivity index (χ1n) is 10.5. The number of nitrogen functional groups attached to an aromatic ring is 1. The van der Waals surface area contributed by atoms with Crippen molar-refractivity contribution in [1.82, 2.24) is 24.6 Å². The number of nitrogens with zero attached hydrogens (tertiary/aromatic N) is 5. The number of fused-ring (bicyclic) bond motifs is 1. The molecule has 2 aromatic carbocycles. The Morgan fingerprint density at radius 3 is 2.60 bits per heavy atom. The van der Waals surface area contributed by atoms with Crippen LogP contribution in [0.3, 0.4) is 0 Å². The summed E-state index contributed by atoms with van der Waals surface area (Å²) in [6.45, 7) is 4.30. The van der Waals surface area contributed by atoms with Gasteiger partial charge in [0.2, 0.25) is 5.91 Å². The van der Waals surface area contributed by atoms with Crippen LogP contribution in [0.25, 0.3) is 22.3 Å². The molecule has 1 amide bonds. The lowest BCUT2D eigenvalue weighted by Crippen LogP contribution is -2.32. The molecule has 180 valence electrons. The van der Waals surface area contributed by atoms with Crippen LogP contribution in [0.1, 0.15) is 11.1 Å². The average molecular weight is 482 g/mol. The third-order valence-corrected chi connectivity index (χ3v) is 5.42. The lowest BCUT2D eigenvalue weighted by Gasteiger charge is -2.21. The first-order valence-corrected chi connectivity index (χ1v) is 10.5. The lowest BCUT2D eigenvalue weighted by molar-refractivity contribution is -0.138. The number of nitrogens with two attached hydrogens (primary N) is 1. The van der Waals surface area contributed by atoms with E-state index in [9.17, 15) is 23.1 Å². The summed E-state index contributed by atoms with van der Waals surface area (Å²) in [6, 6.07) is 12.5. The maximum absolute atomic E-state index is 13.4. The van der Waals surface area contributed by atoms with Crippen molar-refractivity contribution in [3.05, 3.63) is 78.6 Å². The van der Waals surface area contributed by atoms with E-state index in [2.05, 4.69) is 21.6 Å². The van der Waals surface area contributed by atoms with Crippen molar-refractivity contribution in [1.29, 1.82) is 0 Å². The fraction of sp³-hybridized carbons (Fsp3) is 0.167. The Morgan fingerprint density at radius 1 is 1.17 bits per heavy atom. The number of carbonyl (C=O) groups is 1. The van der Waals surface area contributed by atoms with Gasteiger partial charge in [0.05, 0.1) is 17.5 Å². The van der Waals surface area contributed by atoms with E-state index in [4.69, 9.17) is 5.73 Å². The van der Waals surface area contributed by atoms with Gasteiger partial charge >= 0.3 is 6.18 Å². The fourth-order valence-corrected chi connectivity index (χ4v) is 3.71. The van der Waals surface area contributed by atoms with Crippen LogP contribution in [-0.2, 0) is 24.1 Å². The first-order chi connectivity index (χ1) is 16.7. The topological polar surface area (TPSA) is 110 Å². The van der Waals surface area contributed by atoms with Crippen LogP contribution < -0.4 is 5.73 Å². The number of phenolic OH excluding ortho intramolecular Hbond substituents is 1. The van der Waals surface area contributed by atoms with Crippen molar-refractivity contribution >= 4 is 22.8 Å². The molecule has 0 radical (unpaired) electrons. The number of aromatic hydroxyl groups is 1. The predicted molar refractivity (Wildman–Crippen MR) is 124 cm³/mol. The van der Waals surface area contributed by atoms with Crippen LogP contribution in [0.5, 0.6) is 5.75 Å². The summed E-state index contributed by atoms with van der Waals surface area (Å²) in [5.74, 6) is -1.14. The molecule has 0 aliphatic carbocycles. The zero-order valence-corrected chi connectivity index (χ0v) is 18.4. The summed E-state index contributed by atoms with van der Waals surface area (Å²) in [7, 11) is 0. The van der Waals surface area contributed by atoms with Crippen LogP contribution in [-0.4, -0.2) is 42.2 Å². The van der Waals surface area contributed by atoms with Crippen molar-refractivity contribution in [3.8, 4) is 17.0 Å². The van der Waals surface area contributed by atoms with Crippen molar-refractivity contribution in [2.24, 2.45) is 0 Å². The molecule has 0 atom stereocenters. The second-order valence-corrected chi connectivity index (χ2v) is 7.71. The quantitative estimate of drug-likeness (QED) is 0.385. The number of hydrogen-bond acceptors (Lipinski definition) is 6. The maximum Gasteiger partial charge on any atom is 0.419 e. The van der Waals surface area contributed by atoms with E-state index < -0.39 is 17.5 Å². The number of rotatable bonds is 7. The SMILES string of the molecule is C=CC(=O)N(CCn1nc(-c2ccc(O)c(C(F)(F)F)c2)c2c(N)ncnc21)Cc1ccccc1. The zero-order chi connectivity index (χ0) is 25.2. The third-order valence-electron chi connectivity index (χ3n) is 5.42. The van der Waals surface area contributed by atoms with E-state index in [-0.39, 0.29) is 41.5 Å². The minimum atomic E-state index is -4.76. The van der Waals surface area contributed by atoms with Crippen LogP contribution in [0, 0.1) is 0 Å². The van der Waals surface area contributed by atoms with Gasteiger partial charge in [-0.15, -0.1) is 0 Å². The Kier molecular flexibility index (Phi) is 6.41. The van der Waals surface area contributed by atoms with Crippen LogP contribution >= 0.6 is 0 Å². The Balaban J connectivity index is 1.71. The molecule has 0 bridgehead atoms. The standard InChI is InChI=1S/C24H21F3N6O2/c1-2-19(35)32(13-15-6-4-3-5-7-15)10-11-33-23-20(22(28)29-14-30-23)21(31-33)16-8-9-18(34)17(12-16)24(25,26)27/h2-9,12,14,34H,1,10-11,13H2,(H2,28,29,30). The summed E-state index contributed by atoms with van der Waals surface area (Å²) in [4.78, 5) is 22.2. The highest BCUT2D eigenvalue weighted by atomic mass is 19.4. The molecule has 2 heterocycles. The third kappa shape index (κ3) is 4.93. The Hall–Kier alpha value is -4.41. The average Bonchev–Trinajstić information content (AvgIpc) is 3.21. The van der Waals surface area contributed by atoms with Crippen LogP contribution in [0.15, 0.2) is 67.5 Å². The van der Waals surface area contributed by atoms with Gasteiger partial charge in [0.15, 0.2) is 5.65 Å². The minimum absolute atomic E-state index is 0.0428. The van der Waals surface area contributed by atoms with Crippen LogP contribution in [0.4, 0.5) is 19.0 Å². The molecular weight excluding hydrogens is 461 g/mol. The second kappa shape index (κ2) is 9.45. The van der Waals surface area contributed by atoms with Gasteiger partial charge in [0.1, 0.15) is 23.6 Å². The number of carbonyl (C=O) groups excluding carboxylic acids is 1. The molecule has 0 aliphatic heterocycles. The second-order valence-electron chi connectivity index (χ2n) is 7.71. The van der Waals surface area contributed by atoms with Gasteiger partial charge in [-0.05, 0) is 29.8 Å². The molecule has 2 aromatic heterocycles. The molecule has 3 N–H and O–H groups in total. The number of anilines is 1. The number of halogens is 3. The number of benzene rings is 2. The lowest BCUT2D eigenvalue weighted by atomic mass is 10.0. The summed E-state index contributed by atoms with van der Waals surface area (Å²) in [5, 5.41) is 14.4. The number of aromatic nitrogens is 4. The van der Waals surface area contributed by atoms with E-state index in [1.807, 2.05) is 30.3 Å². The molecule has 8 nitrogen and oxygen atoms in total. The van der Waals surface area contributed by atoms with Gasteiger partial charge in [-0.3, -0.25) is 4.79 Å². The molecule has 4 aromatic rings. The molecule has 4 rings (SSSR count). The normalized spacial score (nSPS) is 11.5. The summed E-state index contributed by atoms with van der Waals surface area (Å²) >= 11 is 0. The van der Waals surface area contributed by atoms with Gasteiger partial charge in [-0.2, -0.15) is 18.3 Å². The Bertz CT molecular complexity index is 1390. The number of hydrogen-bond donors (Lipinski definition) is 2. The summed E-state index contributed by atoms with van der Waals surface area (Å²) < 4.78 is 41.5. The largest absolute Gasteiger partial charge is 0.507 e. The molecular formula is C24H21F3N6O2. The zero-order valence-electron chi connectivity index (χ0n) is 18.4.